The smallest absolute Gasteiger partial charge is 0.257 e. The quantitative estimate of drug-likeness (QED) is 0.621. The van der Waals surface area contributed by atoms with Crippen LogP contribution in [0.2, 0.25) is 0 Å². The van der Waals surface area contributed by atoms with Crippen LogP contribution in [0.5, 0.6) is 17.2 Å². The Morgan fingerprint density at radius 2 is 1.89 bits per heavy atom. The molecule has 0 saturated carbocycles. The zero-order valence-corrected chi connectivity index (χ0v) is 16.7. The fourth-order valence-electron chi connectivity index (χ4n) is 2.51. The van der Waals surface area contributed by atoms with Gasteiger partial charge in [0.1, 0.15) is 10.8 Å². The molecule has 0 spiro atoms. The van der Waals surface area contributed by atoms with E-state index in [9.17, 15) is 4.79 Å². The monoisotopic (exact) mass is 399 g/mol. The Morgan fingerprint density at radius 1 is 1.07 bits per heavy atom. The summed E-state index contributed by atoms with van der Waals surface area (Å²) in [6, 6.07) is 12.8. The third-order valence-corrected chi connectivity index (χ3v) is 4.81. The van der Waals surface area contributed by atoms with Crippen molar-refractivity contribution < 1.29 is 19.0 Å². The van der Waals surface area contributed by atoms with Crippen LogP contribution in [-0.4, -0.2) is 36.9 Å². The molecule has 0 bridgehead atoms. The van der Waals surface area contributed by atoms with Crippen molar-refractivity contribution >= 4 is 22.4 Å². The predicted octanol–water partition coefficient (Wildman–Crippen LogP) is 3.74. The molecule has 0 aliphatic carbocycles. The average molecular weight is 399 g/mol. The molecule has 0 unspecified atom stereocenters. The molecule has 1 heterocycles. The highest BCUT2D eigenvalue weighted by Gasteiger charge is 2.13. The largest absolute Gasteiger partial charge is 0.493 e. The SMILES string of the molecule is COc1ccc(C(=O)Nc2nnc(CCOc3cccc(C)c3)s2)cc1OC. The zero-order valence-electron chi connectivity index (χ0n) is 15.9. The number of anilines is 1. The molecular formula is C20H21N3O4S. The number of aryl methyl sites for hydroxylation is 1. The highest BCUT2D eigenvalue weighted by Crippen LogP contribution is 2.28. The van der Waals surface area contributed by atoms with E-state index in [1.165, 1.54) is 18.4 Å². The van der Waals surface area contributed by atoms with Gasteiger partial charge < -0.3 is 14.2 Å². The molecular weight excluding hydrogens is 378 g/mol. The van der Waals surface area contributed by atoms with E-state index in [1.54, 1.807) is 25.3 Å². The van der Waals surface area contributed by atoms with Gasteiger partial charge in [0.2, 0.25) is 5.13 Å². The highest BCUT2D eigenvalue weighted by molar-refractivity contribution is 7.15. The lowest BCUT2D eigenvalue weighted by atomic mass is 10.2. The second-order valence-corrected chi connectivity index (χ2v) is 7.00. The number of carbonyl (C=O) groups excluding carboxylic acids is 1. The van der Waals surface area contributed by atoms with E-state index < -0.39 is 0 Å². The maximum absolute atomic E-state index is 12.4. The van der Waals surface area contributed by atoms with Crippen LogP contribution >= 0.6 is 11.3 Å². The minimum absolute atomic E-state index is 0.292. The van der Waals surface area contributed by atoms with Crippen molar-refractivity contribution in [2.75, 3.05) is 26.1 Å². The molecule has 1 amide bonds. The van der Waals surface area contributed by atoms with Crippen LogP contribution in [0.3, 0.4) is 0 Å². The number of nitrogens with one attached hydrogen (secondary N) is 1. The minimum Gasteiger partial charge on any atom is -0.493 e. The van der Waals surface area contributed by atoms with Crippen molar-refractivity contribution in [2.24, 2.45) is 0 Å². The molecule has 0 fully saturated rings. The predicted molar refractivity (Wildman–Crippen MR) is 108 cm³/mol. The van der Waals surface area contributed by atoms with Crippen LogP contribution in [0, 0.1) is 6.92 Å². The van der Waals surface area contributed by atoms with Crippen LogP contribution in [0.4, 0.5) is 5.13 Å². The van der Waals surface area contributed by atoms with E-state index in [4.69, 9.17) is 14.2 Å². The van der Waals surface area contributed by atoms with Gasteiger partial charge in [0.25, 0.3) is 5.91 Å². The third kappa shape index (κ3) is 4.98. The summed E-state index contributed by atoms with van der Waals surface area (Å²) in [7, 11) is 3.07. The lowest BCUT2D eigenvalue weighted by Gasteiger charge is -2.08. The molecule has 2 aromatic carbocycles. The van der Waals surface area contributed by atoms with Crippen molar-refractivity contribution in [3.05, 3.63) is 58.6 Å². The number of methoxy groups -OCH3 is 2. The van der Waals surface area contributed by atoms with Gasteiger partial charge in [-0.15, -0.1) is 10.2 Å². The first-order valence-electron chi connectivity index (χ1n) is 8.64. The van der Waals surface area contributed by atoms with Crippen LogP contribution in [-0.2, 0) is 6.42 Å². The normalized spacial score (nSPS) is 10.4. The molecule has 0 aliphatic heterocycles. The molecule has 0 atom stereocenters. The molecule has 146 valence electrons. The van der Waals surface area contributed by atoms with Crippen LogP contribution in [0.15, 0.2) is 42.5 Å². The maximum atomic E-state index is 12.4. The number of carbonyl (C=O) groups is 1. The fourth-order valence-corrected chi connectivity index (χ4v) is 3.23. The van der Waals surface area contributed by atoms with Crippen LogP contribution < -0.4 is 19.5 Å². The van der Waals surface area contributed by atoms with E-state index in [0.717, 1.165) is 16.3 Å². The number of rotatable bonds is 8. The van der Waals surface area contributed by atoms with Gasteiger partial charge in [0.15, 0.2) is 11.5 Å². The van der Waals surface area contributed by atoms with Crippen molar-refractivity contribution in [2.45, 2.75) is 13.3 Å². The van der Waals surface area contributed by atoms with Gasteiger partial charge >= 0.3 is 0 Å². The Balaban J connectivity index is 1.56. The Hall–Kier alpha value is -3.13. The summed E-state index contributed by atoms with van der Waals surface area (Å²) in [5.41, 5.74) is 1.59. The molecule has 1 aromatic heterocycles. The Morgan fingerprint density at radius 3 is 2.64 bits per heavy atom. The second-order valence-electron chi connectivity index (χ2n) is 5.94. The molecule has 1 N–H and O–H groups in total. The van der Waals surface area contributed by atoms with Gasteiger partial charge in [-0.05, 0) is 42.8 Å². The molecule has 8 heteroatoms. The van der Waals surface area contributed by atoms with E-state index in [1.807, 2.05) is 31.2 Å². The van der Waals surface area contributed by atoms with Crippen molar-refractivity contribution in [3.63, 3.8) is 0 Å². The van der Waals surface area contributed by atoms with Gasteiger partial charge in [0.05, 0.1) is 20.8 Å². The topological polar surface area (TPSA) is 82.6 Å². The number of hydrogen-bond donors (Lipinski definition) is 1. The molecule has 28 heavy (non-hydrogen) atoms. The van der Waals surface area contributed by atoms with Crippen molar-refractivity contribution in [1.29, 1.82) is 0 Å². The maximum Gasteiger partial charge on any atom is 0.257 e. The Labute approximate surface area is 167 Å². The Kier molecular flexibility index (Phi) is 6.44. The fraction of sp³-hybridized carbons (Fsp3) is 0.250. The number of ether oxygens (including phenoxy) is 3. The van der Waals surface area contributed by atoms with Gasteiger partial charge in [-0.25, -0.2) is 0 Å². The summed E-state index contributed by atoms with van der Waals surface area (Å²) in [6.45, 7) is 2.51. The number of amides is 1. The number of aromatic nitrogens is 2. The summed E-state index contributed by atoms with van der Waals surface area (Å²) >= 11 is 1.32. The van der Waals surface area contributed by atoms with E-state index in [-0.39, 0.29) is 5.91 Å². The van der Waals surface area contributed by atoms with E-state index in [2.05, 4.69) is 15.5 Å². The first-order valence-corrected chi connectivity index (χ1v) is 9.46. The van der Waals surface area contributed by atoms with E-state index >= 15 is 0 Å². The second kappa shape index (κ2) is 9.18. The van der Waals surface area contributed by atoms with Crippen molar-refractivity contribution in [3.8, 4) is 17.2 Å². The third-order valence-electron chi connectivity index (χ3n) is 3.91. The molecule has 7 nitrogen and oxygen atoms in total. The number of hydrogen-bond acceptors (Lipinski definition) is 7. The Bertz CT molecular complexity index is 958. The number of nitrogens with zero attached hydrogens (tertiary/aromatic N) is 2. The summed E-state index contributed by atoms with van der Waals surface area (Å²) < 4.78 is 16.1. The van der Waals surface area contributed by atoms with Gasteiger partial charge in [0, 0.05) is 12.0 Å². The highest BCUT2D eigenvalue weighted by atomic mass is 32.1. The van der Waals surface area contributed by atoms with Gasteiger partial charge in [-0.3, -0.25) is 10.1 Å². The lowest BCUT2D eigenvalue weighted by Crippen LogP contribution is -2.12. The summed E-state index contributed by atoms with van der Waals surface area (Å²) in [5, 5.41) is 12.1. The molecule has 3 aromatic rings. The van der Waals surface area contributed by atoms with E-state index in [0.29, 0.717) is 35.2 Å². The number of benzene rings is 2. The first kappa shape index (κ1) is 19.6. The summed E-state index contributed by atoms with van der Waals surface area (Å²) in [4.78, 5) is 12.4. The molecule has 3 rings (SSSR count). The first-order chi connectivity index (χ1) is 13.6. The molecule has 0 saturated heterocycles. The standard InChI is InChI=1S/C20H21N3O4S/c1-13-5-4-6-15(11-13)27-10-9-18-22-23-20(28-18)21-19(24)14-7-8-16(25-2)17(12-14)26-3/h4-8,11-12H,9-10H2,1-3H3,(H,21,23,24). The molecule has 0 aliphatic rings. The minimum atomic E-state index is -0.292. The van der Waals surface area contributed by atoms with Crippen molar-refractivity contribution in [1.82, 2.24) is 10.2 Å². The lowest BCUT2D eigenvalue weighted by molar-refractivity contribution is 0.102. The summed E-state index contributed by atoms with van der Waals surface area (Å²) in [6.07, 6.45) is 0.609. The average Bonchev–Trinajstić information content (AvgIpc) is 3.14. The van der Waals surface area contributed by atoms with Crippen LogP contribution in [0.1, 0.15) is 20.9 Å². The van der Waals surface area contributed by atoms with Gasteiger partial charge in [-0.2, -0.15) is 0 Å². The zero-order chi connectivity index (χ0) is 19.9. The molecule has 0 radical (unpaired) electrons. The van der Waals surface area contributed by atoms with Crippen LogP contribution in [0.25, 0.3) is 0 Å². The summed E-state index contributed by atoms with van der Waals surface area (Å²) in [5.74, 6) is 1.58. The van der Waals surface area contributed by atoms with Gasteiger partial charge in [-0.1, -0.05) is 23.5 Å².